The molecule has 7 heteroatoms. The van der Waals surface area contributed by atoms with Gasteiger partial charge in [0.05, 0.1) is 13.7 Å². The highest BCUT2D eigenvalue weighted by atomic mass is 16.8. The van der Waals surface area contributed by atoms with Crippen LogP contribution in [-0.2, 0) is 23.7 Å². The van der Waals surface area contributed by atoms with Crippen LogP contribution >= 0.6 is 0 Å². The van der Waals surface area contributed by atoms with Gasteiger partial charge in [-0.25, -0.2) is 9.59 Å². The van der Waals surface area contributed by atoms with E-state index in [1.165, 1.54) is 12.0 Å². The molecule has 2 saturated heterocycles. The van der Waals surface area contributed by atoms with Crippen LogP contribution in [0.15, 0.2) is 0 Å². The molecule has 0 N–H and O–H groups in total. The molecule has 2 aliphatic heterocycles. The Kier molecular flexibility index (Phi) is 4.16. The number of esters is 1. The lowest BCUT2D eigenvalue weighted by atomic mass is 9.90. The molecule has 0 unspecified atom stereocenters. The molecule has 0 aromatic carbocycles. The fraction of sp³-hybridized carbons (Fsp3) is 0.867. The minimum Gasteiger partial charge on any atom is -0.467 e. The molecule has 0 aromatic rings. The summed E-state index contributed by atoms with van der Waals surface area (Å²) in [5, 5.41) is 0. The summed E-state index contributed by atoms with van der Waals surface area (Å²) in [6.45, 7) is 9.38. The van der Waals surface area contributed by atoms with Crippen molar-refractivity contribution < 1.29 is 28.5 Å². The first-order valence-electron chi connectivity index (χ1n) is 7.43. The van der Waals surface area contributed by atoms with Gasteiger partial charge in [-0.15, -0.1) is 0 Å². The lowest BCUT2D eigenvalue weighted by molar-refractivity contribution is -0.190. The van der Waals surface area contributed by atoms with Crippen molar-refractivity contribution in [3.05, 3.63) is 0 Å². The maximum absolute atomic E-state index is 12.3. The topological polar surface area (TPSA) is 74.3 Å². The minimum atomic E-state index is -1.30. The van der Waals surface area contributed by atoms with Gasteiger partial charge in [-0.3, -0.25) is 0 Å². The summed E-state index contributed by atoms with van der Waals surface area (Å²) in [5.41, 5.74) is -1.90. The Morgan fingerprint density at radius 1 is 1.27 bits per heavy atom. The SMILES string of the molecule is COC(=O)[C@@]12CN(C(=O)OC(C)(C)C)CC[C@@H]1OC(C)(C)O2. The first kappa shape index (κ1) is 17.0. The highest BCUT2D eigenvalue weighted by molar-refractivity contribution is 5.82. The van der Waals surface area contributed by atoms with Crippen LogP contribution in [0.5, 0.6) is 0 Å². The van der Waals surface area contributed by atoms with E-state index in [1.807, 2.05) is 0 Å². The van der Waals surface area contributed by atoms with Crippen molar-refractivity contribution in [3.63, 3.8) is 0 Å². The number of fused-ring (bicyclic) bond motifs is 1. The maximum atomic E-state index is 12.3. The summed E-state index contributed by atoms with van der Waals surface area (Å²) < 4.78 is 21.9. The maximum Gasteiger partial charge on any atom is 0.410 e. The van der Waals surface area contributed by atoms with Crippen LogP contribution < -0.4 is 0 Å². The van der Waals surface area contributed by atoms with E-state index >= 15 is 0 Å². The lowest BCUT2D eigenvalue weighted by Gasteiger charge is -2.40. The largest absolute Gasteiger partial charge is 0.467 e. The smallest absolute Gasteiger partial charge is 0.410 e. The summed E-state index contributed by atoms with van der Waals surface area (Å²) in [6.07, 6.45) is -0.422. The molecule has 7 nitrogen and oxygen atoms in total. The number of nitrogens with zero attached hydrogens (tertiary/aromatic N) is 1. The number of piperidine rings is 1. The number of hydrogen-bond donors (Lipinski definition) is 0. The van der Waals surface area contributed by atoms with Gasteiger partial charge in [0, 0.05) is 6.54 Å². The molecule has 2 aliphatic rings. The van der Waals surface area contributed by atoms with E-state index in [0.717, 1.165) is 0 Å². The number of methoxy groups -OCH3 is 1. The van der Waals surface area contributed by atoms with Crippen molar-refractivity contribution in [1.29, 1.82) is 0 Å². The van der Waals surface area contributed by atoms with Crippen LogP contribution in [-0.4, -0.2) is 60.3 Å². The summed E-state index contributed by atoms with van der Waals surface area (Å²) in [4.78, 5) is 26.1. The second kappa shape index (κ2) is 5.38. The molecule has 1 amide bonds. The molecule has 0 aliphatic carbocycles. The van der Waals surface area contributed by atoms with Gasteiger partial charge in [-0.2, -0.15) is 0 Å². The zero-order chi connectivity index (χ0) is 16.8. The Balaban J connectivity index is 2.22. The van der Waals surface area contributed by atoms with E-state index in [2.05, 4.69) is 0 Å². The number of hydrogen-bond acceptors (Lipinski definition) is 6. The first-order chi connectivity index (χ1) is 9.99. The normalized spacial score (nSPS) is 30.6. The average Bonchev–Trinajstić information content (AvgIpc) is 2.65. The molecule has 0 spiro atoms. The Morgan fingerprint density at radius 2 is 1.91 bits per heavy atom. The van der Waals surface area contributed by atoms with Gasteiger partial charge in [0.15, 0.2) is 5.79 Å². The Hall–Kier alpha value is -1.34. The van der Waals surface area contributed by atoms with Crippen molar-refractivity contribution in [2.75, 3.05) is 20.2 Å². The number of carbonyl (C=O) groups is 2. The number of amides is 1. The molecular weight excluding hydrogens is 290 g/mol. The predicted molar refractivity (Wildman–Crippen MR) is 77.2 cm³/mol. The quantitative estimate of drug-likeness (QED) is 0.686. The summed E-state index contributed by atoms with van der Waals surface area (Å²) in [5.74, 6) is -1.43. The van der Waals surface area contributed by atoms with Gasteiger partial charge >= 0.3 is 12.1 Å². The van der Waals surface area contributed by atoms with Crippen LogP contribution in [0.25, 0.3) is 0 Å². The number of carbonyl (C=O) groups excluding carboxylic acids is 2. The number of rotatable bonds is 1. The second-order valence-electron chi connectivity index (χ2n) is 7.18. The molecule has 0 bridgehead atoms. The molecule has 126 valence electrons. The van der Waals surface area contributed by atoms with E-state index in [0.29, 0.717) is 13.0 Å². The van der Waals surface area contributed by atoms with E-state index in [9.17, 15) is 9.59 Å². The van der Waals surface area contributed by atoms with Crippen molar-refractivity contribution >= 4 is 12.1 Å². The van der Waals surface area contributed by atoms with E-state index in [1.54, 1.807) is 34.6 Å². The highest BCUT2D eigenvalue weighted by Crippen LogP contribution is 2.42. The molecule has 2 heterocycles. The first-order valence-corrected chi connectivity index (χ1v) is 7.43. The zero-order valence-corrected chi connectivity index (χ0v) is 14.1. The van der Waals surface area contributed by atoms with Crippen LogP contribution in [0.2, 0.25) is 0 Å². The monoisotopic (exact) mass is 315 g/mol. The van der Waals surface area contributed by atoms with Gasteiger partial charge in [0.1, 0.15) is 11.7 Å². The third kappa shape index (κ3) is 3.20. The number of likely N-dealkylation sites (tertiary alicyclic amines) is 1. The molecule has 0 aromatic heterocycles. The third-order valence-electron chi connectivity index (χ3n) is 3.64. The van der Waals surface area contributed by atoms with Crippen molar-refractivity contribution in [1.82, 2.24) is 4.90 Å². The molecule has 0 saturated carbocycles. The molecular formula is C15H25NO6. The molecule has 2 atom stereocenters. The van der Waals surface area contributed by atoms with Crippen LogP contribution in [0, 0.1) is 0 Å². The lowest BCUT2D eigenvalue weighted by Crippen LogP contribution is -2.62. The van der Waals surface area contributed by atoms with E-state index in [4.69, 9.17) is 18.9 Å². The van der Waals surface area contributed by atoms with E-state index in [-0.39, 0.29) is 6.54 Å². The van der Waals surface area contributed by atoms with Gasteiger partial charge in [0.25, 0.3) is 0 Å². The predicted octanol–water partition coefficient (Wildman–Crippen LogP) is 1.69. The fourth-order valence-corrected chi connectivity index (χ4v) is 2.92. The minimum absolute atomic E-state index is 0.0582. The Morgan fingerprint density at radius 3 is 2.45 bits per heavy atom. The van der Waals surface area contributed by atoms with Gasteiger partial charge in [0.2, 0.25) is 5.60 Å². The fourth-order valence-electron chi connectivity index (χ4n) is 2.92. The Labute approximate surface area is 130 Å². The van der Waals surface area contributed by atoms with Crippen LogP contribution in [0.4, 0.5) is 4.79 Å². The molecule has 2 rings (SSSR count). The van der Waals surface area contributed by atoms with Gasteiger partial charge < -0.3 is 23.8 Å². The van der Waals surface area contributed by atoms with Gasteiger partial charge in [-0.05, 0) is 41.0 Å². The van der Waals surface area contributed by atoms with Crippen molar-refractivity contribution in [2.24, 2.45) is 0 Å². The average molecular weight is 315 g/mol. The zero-order valence-electron chi connectivity index (χ0n) is 14.1. The highest BCUT2D eigenvalue weighted by Gasteiger charge is 2.62. The molecule has 0 radical (unpaired) electrons. The second-order valence-corrected chi connectivity index (χ2v) is 7.18. The van der Waals surface area contributed by atoms with Crippen LogP contribution in [0.1, 0.15) is 41.0 Å². The van der Waals surface area contributed by atoms with Gasteiger partial charge in [-0.1, -0.05) is 0 Å². The van der Waals surface area contributed by atoms with E-state index < -0.39 is 35.2 Å². The molecule has 2 fully saturated rings. The molecule has 22 heavy (non-hydrogen) atoms. The van der Waals surface area contributed by atoms with Crippen molar-refractivity contribution in [2.45, 2.75) is 64.1 Å². The Bertz CT molecular complexity index is 469. The summed E-state index contributed by atoms with van der Waals surface area (Å²) >= 11 is 0. The van der Waals surface area contributed by atoms with Crippen LogP contribution in [0.3, 0.4) is 0 Å². The standard InChI is InChI=1S/C15H25NO6/c1-13(2,3)21-12(18)16-8-7-10-15(9-16,11(17)19-6)22-14(4,5)20-10/h10H,7-9H2,1-6H3/t10-,15+/m0/s1. The summed E-state index contributed by atoms with van der Waals surface area (Å²) in [7, 11) is 1.30. The van der Waals surface area contributed by atoms with Crippen molar-refractivity contribution in [3.8, 4) is 0 Å². The number of ether oxygens (including phenoxy) is 4. The third-order valence-corrected chi connectivity index (χ3v) is 3.64. The summed E-state index contributed by atoms with van der Waals surface area (Å²) in [6, 6.07) is 0.